The molecule has 1 amide bonds. The van der Waals surface area contributed by atoms with E-state index >= 15 is 0 Å². The molecule has 1 heterocycles. The summed E-state index contributed by atoms with van der Waals surface area (Å²) in [4.78, 5) is 23.7. The minimum atomic E-state index is -1.29. The Kier molecular flexibility index (Phi) is 2.88. The van der Waals surface area contributed by atoms with E-state index < -0.39 is 17.4 Å². The number of rotatable bonds is 2. The molecule has 1 N–H and O–H groups in total. The summed E-state index contributed by atoms with van der Waals surface area (Å²) in [7, 11) is 0. The number of carbonyl (C=O) groups is 1. The van der Waals surface area contributed by atoms with Gasteiger partial charge >= 0.3 is 5.91 Å². The third-order valence-electron chi connectivity index (χ3n) is 1.82. The molecule has 0 spiro atoms. The molecule has 14 heavy (non-hydrogen) atoms. The third-order valence-corrected chi connectivity index (χ3v) is 1.82. The third kappa shape index (κ3) is 1.74. The van der Waals surface area contributed by atoms with Gasteiger partial charge in [-0.1, -0.05) is 0 Å². The summed E-state index contributed by atoms with van der Waals surface area (Å²) >= 11 is 0. The van der Waals surface area contributed by atoms with Gasteiger partial charge in [-0.2, -0.15) is 0 Å². The Balaban J connectivity index is 3.27. The van der Waals surface area contributed by atoms with E-state index in [-0.39, 0.29) is 11.3 Å². The van der Waals surface area contributed by atoms with Crippen LogP contribution in [0.2, 0.25) is 0 Å². The van der Waals surface area contributed by atoms with Gasteiger partial charge in [-0.15, -0.1) is 0 Å². The zero-order valence-corrected chi connectivity index (χ0v) is 7.43. The maximum absolute atomic E-state index is 11.0. The minimum Gasteiger partial charge on any atom is -0.392 e. The largest absolute Gasteiger partial charge is 0.495 e. The molecule has 0 fully saturated rings. The van der Waals surface area contributed by atoms with E-state index in [4.69, 9.17) is 5.11 Å². The second-order valence-electron chi connectivity index (χ2n) is 2.68. The summed E-state index contributed by atoms with van der Waals surface area (Å²) in [5.41, 5.74) is 0.513. The van der Waals surface area contributed by atoms with Gasteiger partial charge in [-0.3, -0.25) is 10.1 Å². The summed E-state index contributed by atoms with van der Waals surface area (Å²) in [6, 6.07) is 1.57. The van der Waals surface area contributed by atoms with Crippen LogP contribution < -0.4 is 0 Å². The fourth-order valence-electron chi connectivity index (χ4n) is 1.06. The van der Waals surface area contributed by atoms with Crippen LogP contribution in [0.3, 0.4) is 0 Å². The number of hydrogen-bond donors (Lipinski definition) is 1. The Morgan fingerprint density at radius 1 is 1.71 bits per heavy atom. The Morgan fingerprint density at radius 2 is 2.36 bits per heavy atom. The molecule has 0 aliphatic carbocycles. The van der Waals surface area contributed by atoms with E-state index in [0.29, 0.717) is 5.56 Å². The van der Waals surface area contributed by atoms with Crippen molar-refractivity contribution >= 4 is 5.91 Å². The first-order valence-corrected chi connectivity index (χ1v) is 3.82. The lowest BCUT2D eigenvalue weighted by Crippen LogP contribution is -2.16. The lowest BCUT2D eigenvalue weighted by molar-refractivity contribution is -0.375. The van der Waals surface area contributed by atoms with Crippen LogP contribution in [0, 0.1) is 17.0 Å². The van der Waals surface area contributed by atoms with Gasteiger partial charge in [0.2, 0.25) is 0 Å². The molecule has 0 unspecified atom stereocenters. The summed E-state index contributed by atoms with van der Waals surface area (Å²) in [5, 5.41) is 19.1. The predicted octanol–water partition coefficient (Wildman–Crippen LogP) is 0.299. The van der Waals surface area contributed by atoms with E-state index in [1.807, 2.05) is 0 Å². The van der Waals surface area contributed by atoms with Crippen molar-refractivity contribution < 1.29 is 14.8 Å². The zero-order chi connectivity index (χ0) is 10.7. The molecule has 0 saturated carbocycles. The molecule has 6 heteroatoms. The van der Waals surface area contributed by atoms with E-state index in [1.165, 1.54) is 6.20 Å². The lowest BCUT2D eigenvalue weighted by atomic mass is 10.1. The number of amides is 1. The van der Waals surface area contributed by atoms with Gasteiger partial charge in [-0.25, -0.2) is 9.78 Å². The van der Waals surface area contributed by atoms with Crippen LogP contribution in [0.15, 0.2) is 12.3 Å². The Bertz CT molecular complexity index is 389. The molecular weight excluding hydrogens is 188 g/mol. The first kappa shape index (κ1) is 10.3. The Morgan fingerprint density at radius 3 is 2.86 bits per heavy atom. The SMILES string of the molecule is Cc1ccnc(C(=O)[N+](=O)[O-])c1CO. The number of nitro groups is 1. The topological polar surface area (TPSA) is 93.3 Å². The molecule has 1 rings (SSSR count). The second-order valence-corrected chi connectivity index (χ2v) is 2.68. The summed E-state index contributed by atoms with van der Waals surface area (Å²) in [6.45, 7) is 1.21. The van der Waals surface area contributed by atoms with Gasteiger partial charge in [0.1, 0.15) is 4.92 Å². The smallest absolute Gasteiger partial charge is 0.392 e. The molecule has 74 valence electrons. The Labute approximate surface area is 79.4 Å². The lowest BCUT2D eigenvalue weighted by Gasteiger charge is -2.03. The van der Waals surface area contributed by atoms with Crippen molar-refractivity contribution in [3.05, 3.63) is 39.2 Å². The number of aromatic nitrogens is 1. The predicted molar refractivity (Wildman–Crippen MR) is 46.2 cm³/mol. The maximum Gasteiger partial charge on any atom is 0.495 e. The summed E-state index contributed by atoms with van der Waals surface area (Å²) < 4.78 is 0. The zero-order valence-electron chi connectivity index (χ0n) is 7.43. The Hall–Kier alpha value is -1.82. The van der Waals surface area contributed by atoms with Gasteiger partial charge in [0, 0.05) is 11.8 Å². The van der Waals surface area contributed by atoms with E-state index in [0.717, 1.165) is 0 Å². The number of aliphatic hydroxyl groups excluding tert-OH is 1. The summed E-state index contributed by atoms with van der Waals surface area (Å²) in [6.07, 6.45) is 1.30. The number of carbonyl (C=O) groups excluding carboxylic acids is 1. The highest BCUT2D eigenvalue weighted by atomic mass is 16.6. The van der Waals surface area contributed by atoms with Crippen LogP contribution in [0.4, 0.5) is 0 Å². The molecule has 0 aliphatic rings. The van der Waals surface area contributed by atoms with Crippen molar-refractivity contribution in [2.24, 2.45) is 0 Å². The molecule has 0 atom stereocenters. The van der Waals surface area contributed by atoms with Gasteiger partial charge in [-0.05, 0) is 18.6 Å². The molecule has 6 nitrogen and oxygen atoms in total. The quantitative estimate of drug-likeness (QED) is 0.542. The van der Waals surface area contributed by atoms with Crippen molar-refractivity contribution in [3.8, 4) is 0 Å². The fourth-order valence-corrected chi connectivity index (χ4v) is 1.06. The van der Waals surface area contributed by atoms with Crippen LogP contribution in [-0.4, -0.2) is 20.9 Å². The van der Waals surface area contributed by atoms with Crippen molar-refractivity contribution in [2.75, 3.05) is 0 Å². The van der Waals surface area contributed by atoms with Crippen LogP contribution in [-0.2, 0) is 6.61 Å². The van der Waals surface area contributed by atoms with Gasteiger partial charge in [0.25, 0.3) is 0 Å². The van der Waals surface area contributed by atoms with E-state index in [9.17, 15) is 14.9 Å². The monoisotopic (exact) mass is 196 g/mol. The van der Waals surface area contributed by atoms with Crippen LogP contribution in [0.1, 0.15) is 21.6 Å². The van der Waals surface area contributed by atoms with Crippen LogP contribution in [0.5, 0.6) is 0 Å². The maximum atomic E-state index is 11.0. The van der Waals surface area contributed by atoms with Gasteiger partial charge in [0.15, 0.2) is 5.69 Å². The molecule has 1 aromatic rings. The highest BCUT2D eigenvalue weighted by Crippen LogP contribution is 2.12. The number of nitrogens with zero attached hydrogens (tertiary/aromatic N) is 2. The fraction of sp³-hybridized carbons (Fsp3) is 0.250. The number of aryl methyl sites for hydroxylation is 1. The molecule has 1 aromatic heterocycles. The molecule has 0 aliphatic heterocycles. The van der Waals surface area contributed by atoms with Gasteiger partial charge in [0.05, 0.1) is 6.61 Å². The number of hydrogen-bond acceptors (Lipinski definition) is 5. The number of pyridine rings is 1. The highest BCUT2D eigenvalue weighted by molar-refractivity contribution is 5.87. The standard InChI is InChI=1S/C8H8N2O4/c1-5-2-3-9-7(6(5)4-11)8(12)10(13)14/h2-3,11H,4H2,1H3. The number of aliphatic hydroxyl groups is 1. The van der Waals surface area contributed by atoms with E-state index in [1.54, 1.807) is 13.0 Å². The first-order chi connectivity index (χ1) is 6.57. The molecule has 0 saturated heterocycles. The normalized spacial score (nSPS) is 9.86. The van der Waals surface area contributed by atoms with Crippen LogP contribution >= 0.6 is 0 Å². The molecule has 0 radical (unpaired) electrons. The van der Waals surface area contributed by atoms with Crippen molar-refractivity contribution in [1.29, 1.82) is 0 Å². The van der Waals surface area contributed by atoms with Gasteiger partial charge < -0.3 is 5.11 Å². The average molecular weight is 196 g/mol. The van der Waals surface area contributed by atoms with Crippen molar-refractivity contribution in [1.82, 2.24) is 4.98 Å². The average Bonchev–Trinajstić information content (AvgIpc) is 2.16. The highest BCUT2D eigenvalue weighted by Gasteiger charge is 2.24. The summed E-state index contributed by atoms with van der Waals surface area (Å²) in [5.74, 6) is -1.29. The van der Waals surface area contributed by atoms with Crippen molar-refractivity contribution in [3.63, 3.8) is 0 Å². The second kappa shape index (κ2) is 3.93. The molecule has 0 bridgehead atoms. The molecular formula is C8H8N2O4. The van der Waals surface area contributed by atoms with Crippen molar-refractivity contribution in [2.45, 2.75) is 13.5 Å². The minimum absolute atomic E-state index is 0.203. The first-order valence-electron chi connectivity index (χ1n) is 3.82. The van der Waals surface area contributed by atoms with Crippen LogP contribution in [0.25, 0.3) is 0 Å². The molecule has 0 aromatic carbocycles. The van der Waals surface area contributed by atoms with E-state index in [2.05, 4.69) is 4.98 Å².